The Labute approximate surface area is 181 Å². The molecule has 5 nitrogen and oxygen atoms in total. The summed E-state index contributed by atoms with van der Waals surface area (Å²) in [5.41, 5.74) is 3.78. The van der Waals surface area contributed by atoms with Gasteiger partial charge in [0.2, 0.25) is 6.79 Å². The predicted molar refractivity (Wildman–Crippen MR) is 120 cm³/mol. The smallest absolute Gasteiger partial charge is 0.231 e. The number of benzene rings is 2. The highest BCUT2D eigenvalue weighted by atomic mass is 32.2. The third-order valence-corrected chi connectivity index (χ3v) is 7.11. The van der Waals surface area contributed by atoms with E-state index in [1.165, 1.54) is 34.7 Å². The first kappa shape index (κ1) is 19.4. The van der Waals surface area contributed by atoms with Crippen molar-refractivity contribution in [3.8, 4) is 11.5 Å². The molecule has 0 radical (unpaired) electrons. The van der Waals surface area contributed by atoms with E-state index < -0.39 is 0 Å². The summed E-state index contributed by atoms with van der Waals surface area (Å²) in [6.45, 7) is 4.38. The van der Waals surface area contributed by atoms with Crippen molar-refractivity contribution in [1.82, 2.24) is 9.97 Å². The van der Waals surface area contributed by atoms with Gasteiger partial charge in [0.1, 0.15) is 5.82 Å². The topological polar surface area (TPSA) is 50.4 Å². The number of aromatic nitrogens is 2. The number of nitrogens with zero attached hydrogens (tertiary/aromatic N) is 2. The maximum absolute atomic E-state index is 5.61. The van der Waals surface area contributed by atoms with Crippen LogP contribution in [0.5, 0.6) is 11.5 Å². The highest BCUT2D eigenvalue weighted by Gasteiger charge is 2.25. The molecule has 30 heavy (non-hydrogen) atoms. The van der Waals surface area contributed by atoms with Crippen molar-refractivity contribution in [3.63, 3.8) is 0 Å². The second-order valence-corrected chi connectivity index (χ2v) is 9.10. The Morgan fingerprint density at radius 1 is 1.17 bits per heavy atom. The molecule has 156 valence electrons. The summed E-state index contributed by atoms with van der Waals surface area (Å²) in [5.74, 6) is 2.81. The molecule has 5 rings (SSSR count). The van der Waals surface area contributed by atoms with E-state index in [0.29, 0.717) is 12.0 Å². The van der Waals surface area contributed by atoms with Crippen LogP contribution in [0, 0.1) is 0 Å². The van der Waals surface area contributed by atoms with E-state index in [1.807, 2.05) is 24.0 Å². The molecular weight excluding hydrogens is 394 g/mol. The first-order valence-electron chi connectivity index (χ1n) is 10.7. The summed E-state index contributed by atoms with van der Waals surface area (Å²) in [5, 5.41) is 0.382. The van der Waals surface area contributed by atoms with E-state index in [2.05, 4.69) is 58.2 Å². The lowest BCUT2D eigenvalue weighted by Gasteiger charge is -2.23. The predicted octanol–water partition coefficient (Wildman–Crippen LogP) is 5.72. The number of imidazole rings is 1. The summed E-state index contributed by atoms with van der Waals surface area (Å²) >= 11 is 1.94. The van der Waals surface area contributed by atoms with Crippen molar-refractivity contribution in [2.24, 2.45) is 0 Å². The maximum atomic E-state index is 5.61. The molecule has 1 atom stereocenters. The summed E-state index contributed by atoms with van der Waals surface area (Å²) in [4.78, 5) is 11.9. The Balaban J connectivity index is 1.37. The normalized spacial score (nSPS) is 17.6. The second-order valence-electron chi connectivity index (χ2n) is 7.86. The zero-order valence-electron chi connectivity index (χ0n) is 17.3. The molecule has 1 aromatic heterocycles. The number of para-hydroxylation sites is 1. The molecule has 0 aliphatic carbocycles. The lowest BCUT2D eigenvalue weighted by Crippen LogP contribution is -2.24. The number of hydrogen-bond donors (Lipinski definition) is 1. The van der Waals surface area contributed by atoms with E-state index in [-0.39, 0.29) is 0 Å². The molecule has 0 spiro atoms. The van der Waals surface area contributed by atoms with Crippen LogP contribution < -0.4 is 14.4 Å². The quantitative estimate of drug-likeness (QED) is 0.551. The number of aromatic amines is 1. The number of fused-ring (bicyclic) bond motifs is 2. The maximum Gasteiger partial charge on any atom is 0.231 e. The first-order chi connectivity index (χ1) is 14.8. The molecule has 0 saturated heterocycles. The van der Waals surface area contributed by atoms with Gasteiger partial charge >= 0.3 is 0 Å². The van der Waals surface area contributed by atoms with E-state index in [9.17, 15) is 0 Å². The van der Waals surface area contributed by atoms with E-state index >= 15 is 0 Å². The Kier molecular flexibility index (Phi) is 5.58. The van der Waals surface area contributed by atoms with Gasteiger partial charge < -0.3 is 19.4 Å². The number of hydrogen-bond acceptors (Lipinski definition) is 5. The van der Waals surface area contributed by atoms with Crippen LogP contribution in [0.4, 0.5) is 5.69 Å². The molecule has 0 fully saturated rings. The van der Waals surface area contributed by atoms with Crippen molar-refractivity contribution in [3.05, 3.63) is 65.7 Å². The van der Waals surface area contributed by atoms with Gasteiger partial charge in [-0.3, -0.25) is 0 Å². The first-order valence-corrected chi connectivity index (χ1v) is 11.6. The van der Waals surface area contributed by atoms with Crippen LogP contribution in [-0.2, 0) is 13.0 Å². The number of aryl methyl sites for hydroxylation is 1. The van der Waals surface area contributed by atoms with Gasteiger partial charge in [-0.05, 0) is 42.7 Å². The third-order valence-electron chi connectivity index (χ3n) is 5.71. The van der Waals surface area contributed by atoms with Gasteiger partial charge in [0.15, 0.2) is 11.5 Å². The van der Waals surface area contributed by atoms with Crippen LogP contribution in [0.3, 0.4) is 0 Å². The standard InChI is InChI=1S/C24H27N3O2S/c1-2-3-8-24-25-14-18(26-24)15-27-12-11-22(30-23-7-5-4-6-19(23)27)17-9-10-20-21(13-17)29-16-28-20/h4-7,9-10,13-14,22H,2-3,8,11-12,15-16H2,1H3,(H,25,26)/t22-/m0/s1. The molecule has 0 unspecified atom stereocenters. The minimum Gasteiger partial charge on any atom is -0.454 e. The Morgan fingerprint density at radius 3 is 3.00 bits per heavy atom. The molecule has 0 saturated carbocycles. The van der Waals surface area contributed by atoms with E-state index in [0.717, 1.165) is 43.3 Å². The van der Waals surface area contributed by atoms with Crippen LogP contribution in [0.2, 0.25) is 0 Å². The third kappa shape index (κ3) is 4.01. The number of unbranched alkanes of at least 4 members (excludes halogenated alkanes) is 1. The number of rotatable bonds is 6. The van der Waals surface area contributed by atoms with Gasteiger partial charge in [0, 0.05) is 23.1 Å². The summed E-state index contributed by atoms with van der Waals surface area (Å²) < 4.78 is 11.1. The Morgan fingerprint density at radius 2 is 2.07 bits per heavy atom. The lowest BCUT2D eigenvalue weighted by atomic mass is 10.1. The van der Waals surface area contributed by atoms with Gasteiger partial charge in [-0.15, -0.1) is 11.8 Å². The van der Waals surface area contributed by atoms with Crippen molar-refractivity contribution < 1.29 is 9.47 Å². The fraction of sp³-hybridized carbons (Fsp3) is 0.375. The minimum absolute atomic E-state index is 0.317. The van der Waals surface area contributed by atoms with E-state index in [4.69, 9.17) is 9.47 Å². The molecule has 2 aromatic carbocycles. The molecule has 1 N–H and O–H groups in total. The molecule has 0 bridgehead atoms. The van der Waals surface area contributed by atoms with Gasteiger partial charge in [0.25, 0.3) is 0 Å². The zero-order chi connectivity index (χ0) is 20.3. The number of nitrogens with one attached hydrogen (secondary N) is 1. The summed E-state index contributed by atoms with van der Waals surface area (Å²) in [6, 6.07) is 15.1. The van der Waals surface area contributed by atoms with E-state index in [1.54, 1.807) is 0 Å². The average Bonchev–Trinajstić information content (AvgIpc) is 3.39. The summed E-state index contributed by atoms with van der Waals surface area (Å²) in [6.07, 6.45) is 6.45. The number of ether oxygens (including phenoxy) is 2. The largest absolute Gasteiger partial charge is 0.454 e. The fourth-order valence-electron chi connectivity index (χ4n) is 4.10. The van der Waals surface area contributed by atoms with Crippen molar-refractivity contribution in [2.45, 2.75) is 49.3 Å². The molecule has 0 amide bonds. The second kappa shape index (κ2) is 8.64. The SMILES string of the molecule is CCCCc1ncc(CN2CC[C@@H](c3ccc4c(c3)OCO4)Sc3ccccc32)[nH]1. The van der Waals surface area contributed by atoms with Gasteiger partial charge in [-0.25, -0.2) is 4.98 Å². The van der Waals surface area contributed by atoms with Crippen LogP contribution in [0.1, 0.15) is 48.5 Å². The van der Waals surface area contributed by atoms with Gasteiger partial charge in [-0.2, -0.15) is 0 Å². The van der Waals surface area contributed by atoms with Crippen molar-refractivity contribution in [1.29, 1.82) is 0 Å². The highest BCUT2D eigenvalue weighted by molar-refractivity contribution is 7.99. The van der Waals surface area contributed by atoms with Crippen LogP contribution in [-0.4, -0.2) is 23.3 Å². The zero-order valence-corrected chi connectivity index (χ0v) is 18.1. The van der Waals surface area contributed by atoms with Crippen LogP contribution >= 0.6 is 11.8 Å². The number of anilines is 1. The minimum atomic E-state index is 0.317. The average molecular weight is 422 g/mol. The Hall–Kier alpha value is -2.60. The number of thioether (sulfide) groups is 1. The fourth-order valence-corrected chi connectivity index (χ4v) is 5.39. The van der Waals surface area contributed by atoms with Gasteiger partial charge in [0.05, 0.1) is 24.1 Å². The molecule has 2 aliphatic heterocycles. The lowest BCUT2D eigenvalue weighted by molar-refractivity contribution is 0.174. The monoisotopic (exact) mass is 421 g/mol. The van der Waals surface area contributed by atoms with Crippen molar-refractivity contribution >= 4 is 17.4 Å². The Bertz CT molecular complexity index is 1020. The molecule has 3 heterocycles. The molecule has 2 aliphatic rings. The van der Waals surface area contributed by atoms with Crippen LogP contribution in [0.15, 0.2) is 53.6 Å². The molecule has 6 heteroatoms. The summed E-state index contributed by atoms with van der Waals surface area (Å²) in [7, 11) is 0. The van der Waals surface area contributed by atoms with Crippen LogP contribution in [0.25, 0.3) is 0 Å². The molecule has 3 aromatic rings. The van der Waals surface area contributed by atoms with Crippen molar-refractivity contribution in [2.75, 3.05) is 18.2 Å². The highest BCUT2D eigenvalue weighted by Crippen LogP contribution is 2.47. The van der Waals surface area contributed by atoms with Gasteiger partial charge in [-0.1, -0.05) is 31.5 Å². The number of H-pyrrole nitrogens is 1. The molecular formula is C24H27N3O2S.